The van der Waals surface area contributed by atoms with Crippen molar-refractivity contribution in [3.8, 4) is 5.69 Å². The second kappa shape index (κ2) is 6.40. The zero-order valence-corrected chi connectivity index (χ0v) is 14.3. The minimum Gasteiger partial charge on any atom is -0.481 e. The van der Waals surface area contributed by atoms with Crippen LogP contribution in [0.5, 0.6) is 0 Å². The molecule has 1 aromatic carbocycles. The Hall–Kier alpha value is -2.96. The van der Waals surface area contributed by atoms with Gasteiger partial charge in [-0.2, -0.15) is 5.10 Å². The van der Waals surface area contributed by atoms with Crippen LogP contribution in [0, 0.1) is 23.7 Å². The highest BCUT2D eigenvalue weighted by molar-refractivity contribution is 5.87. The van der Waals surface area contributed by atoms with E-state index in [-0.39, 0.29) is 23.8 Å². The summed E-state index contributed by atoms with van der Waals surface area (Å²) in [6.45, 7) is 1.90. The van der Waals surface area contributed by atoms with Crippen LogP contribution in [-0.2, 0) is 9.59 Å². The third-order valence-corrected chi connectivity index (χ3v) is 5.46. The van der Waals surface area contributed by atoms with Gasteiger partial charge < -0.3 is 10.4 Å². The molecule has 0 unspecified atom stereocenters. The molecular formula is C19H20N4O3. The Bertz CT molecular complexity index is 861. The van der Waals surface area contributed by atoms with Crippen molar-refractivity contribution in [1.82, 2.24) is 20.1 Å². The van der Waals surface area contributed by atoms with Crippen LogP contribution in [0.15, 0.2) is 49.1 Å². The summed E-state index contributed by atoms with van der Waals surface area (Å²) in [6.07, 6.45) is 7.77. The fourth-order valence-electron chi connectivity index (χ4n) is 4.19. The van der Waals surface area contributed by atoms with E-state index < -0.39 is 17.8 Å². The summed E-state index contributed by atoms with van der Waals surface area (Å²) in [5, 5.41) is 16.6. The summed E-state index contributed by atoms with van der Waals surface area (Å²) in [6, 6.07) is 7.45. The Morgan fingerprint density at radius 1 is 1.27 bits per heavy atom. The first kappa shape index (κ1) is 16.5. The van der Waals surface area contributed by atoms with E-state index in [0.29, 0.717) is 0 Å². The number of nitrogens with one attached hydrogen (secondary N) is 1. The Labute approximate surface area is 150 Å². The summed E-state index contributed by atoms with van der Waals surface area (Å²) < 4.78 is 1.65. The number of amides is 1. The van der Waals surface area contributed by atoms with Crippen LogP contribution in [0.4, 0.5) is 0 Å². The number of carbonyl (C=O) groups is 2. The Balaban J connectivity index is 1.51. The van der Waals surface area contributed by atoms with Crippen molar-refractivity contribution in [2.45, 2.75) is 19.4 Å². The topological polar surface area (TPSA) is 97.1 Å². The molecule has 7 heteroatoms. The van der Waals surface area contributed by atoms with Crippen molar-refractivity contribution < 1.29 is 14.7 Å². The van der Waals surface area contributed by atoms with Gasteiger partial charge >= 0.3 is 5.97 Å². The molecule has 1 amide bonds. The Morgan fingerprint density at radius 3 is 2.73 bits per heavy atom. The number of aliphatic carboxylic acids is 1. The number of carbonyl (C=O) groups excluding carboxylic acids is 1. The zero-order chi connectivity index (χ0) is 18.3. The number of carboxylic acids is 1. The lowest BCUT2D eigenvalue weighted by Gasteiger charge is -2.26. The molecule has 1 fully saturated rings. The van der Waals surface area contributed by atoms with Crippen LogP contribution in [-0.4, -0.2) is 31.7 Å². The number of rotatable bonds is 5. The van der Waals surface area contributed by atoms with Gasteiger partial charge in [0.1, 0.15) is 12.7 Å². The number of hydrogen-bond acceptors (Lipinski definition) is 4. The molecule has 7 nitrogen and oxygen atoms in total. The van der Waals surface area contributed by atoms with Gasteiger partial charge in [-0.15, -0.1) is 0 Å². The van der Waals surface area contributed by atoms with E-state index in [1.807, 2.05) is 43.3 Å². The van der Waals surface area contributed by atoms with Crippen LogP contribution in [0.25, 0.3) is 5.69 Å². The van der Waals surface area contributed by atoms with E-state index in [9.17, 15) is 14.7 Å². The van der Waals surface area contributed by atoms with E-state index in [1.54, 1.807) is 11.0 Å². The molecule has 2 N–H and O–H groups in total. The molecular weight excluding hydrogens is 332 g/mol. The molecule has 0 radical (unpaired) electrons. The molecule has 26 heavy (non-hydrogen) atoms. The fraction of sp³-hybridized carbons (Fsp3) is 0.368. The summed E-state index contributed by atoms with van der Waals surface area (Å²) in [5.41, 5.74) is 1.78. The lowest BCUT2D eigenvalue weighted by molar-refractivity contribution is -0.148. The van der Waals surface area contributed by atoms with Crippen LogP contribution in [0.1, 0.15) is 24.9 Å². The Kier molecular flexibility index (Phi) is 4.06. The predicted octanol–water partition coefficient (Wildman–Crippen LogP) is 1.97. The average Bonchev–Trinajstić information content (AvgIpc) is 3.37. The summed E-state index contributed by atoms with van der Waals surface area (Å²) >= 11 is 0. The van der Waals surface area contributed by atoms with Gasteiger partial charge in [0.2, 0.25) is 5.91 Å². The second-order valence-corrected chi connectivity index (χ2v) is 7.00. The summed E-state index contributed by atoms with van der Waals surface area (Å²) in [5.74, 6) is -2.20. The molecule has 1 heterocycles. The van der Waals surface area contributed by atoms with Crippen LogP contribution in [0.2, 0.25) is 0 Å². The highest BCUT2D eigenvalue weighted by Gasteiger charge is 2.51. The lowest BCUT2D eigenvalue weighted by Crippen LogP contribution is -2.41. The molecule has 4 rings (SSSR count). The molecule has 5 atom stereocenters. The fourth-order valence-corrected chi connectivity index (χ4v) is 4.19. The predicted molar refractivity (Wildman–Crippen MR) is 93.3 cm³/mol. The highest BCUT2D eigenvalue weighted by atomic mass is 16.4. The SMILES string of the molecule is C[C@H](NC(=O)[C@@H]1[C@@H](C(=O)O)[C@H]2C=C[C@H]1C2)c1cccc(-n2cncn2)c1. The van der Waals surface area contributed by atoms with Crippen molar-refractivity contribution in [2.75, 3.05) is 0 Å². The van der Waals surface area contributed by atoms with Gasteiger partial charge in [-0.05, 0) is 42.9 Å². The van der Waals surface area contributed by atoms with Gasteiger partial charge in [0, 0.05) is 0 Å². The van der Waals surface area contributed by atoms with Gasteiger partial charge in [0.05, 0.1) is 23.6 Å². The number of aromatic nitrogens is 3. The quantitative estimate of drug-likeness (QED) is 0.802. The first-order valence-electron chi connectivity index (χ1n) is 8.71. The summed E-state index contributed by atoms with van der Waals surface area (Å²) in [7, 11) is 0. The van der Waals surface area contributed by atoms with Gasteiger partial charge in [-0.3, -0.25) is 9.59 Å². The summed E-state index contributed by atoms with van der Waals surface area (Å²) in [4.78, 5) is 28.4. The minimum absolute atomic E-state index is 0.0229. The number of hydrogen-bond donors (Lipinski definition) is 2. The minimum atomic E-state index is -0.886. The van der Waals surface area contributed by atoms with Gasteiger partial charge in [0.15, 0.2) is 0 Å². The molecule has 1 saturated carbocycles. The first-order valence-corrected chi connectivity index (χ1v) is 8.71. The van der Waals surface area contributed by atoms with Crippen molar-refractivity contribution in [3.63, 3.8) is 0 Å². The molecule has 2 aliphatic carbocycles. The van der Waals surface area contributed by atoms with Crippen LogP contribution in [0.3, 0.4) is 0 Å². The average molecular weight is 352 g/mol. The normalized spacial score (nSPS) is 27.4. The van der Waals surface area contributed by atoms with Gasteiger partial charge in [0.25, 0.3) is 0 Å². The number of allylic oxidation sites excluding steroid dienone is 2. The molecule has 134 valence electrons. The molecule has 2 aliphatic rings. The van der Waals surface area contributed by atoms with Gasteiger partial charge in [-0.1, -0.05) is 24.3 Å². The maximum atomic E-state index is 12.8. The monoisotopic (exact) mass is 352 g/mol. The number of fused-ring (bicyclic) bond motifs is 2. The number of carboxylic acid groups (broad SMARTS) is 1. The van der Waals surface area contributed by atoms with E-state index in [2.05, 4.69) is 15.4 Å². The van der Waals surface area contributed by atoms with Crippen molar-refractivity contribution in [2.24, 2.45) is 23.7 Å². The Morgan fingerprint density at radius 2 is 2.04 bits per heavy atom. The van der Waals surface area contributed by atoms with Crippen molar-refractivity contribution in [3.05, 3.63) is 54.6 Å². The standard InChI is InChI=1S/C19H20N4O3/c1-11(12-3-2-4-15(8-12)23-10-20-9-21-23)22-18(24)16-13-5-6-14(7-13)17(16)19(25)26/h2-6,8-11,13-14,16-17H,7H2,1H3,(H,22,24)(H,25,26)/t11-,13-,14-,16-,17-/m0/s1. The van der Waals surface area contributed by atoms with Crippen LogP contribution < -0.4 is 5.32 Å². The molecule has 2 bridgehead atoms. The molecule has 0 spiro atoms. The van der Waals surface area contributed by atoms with Crippen molar-refractivity contribution in [1.29, 1.82) is 0 Å². The van der Waals surface area contributed by atoms with E-state index >= 15 is 0 Å². The maximum absolute atomic E-state index is 12.8. The number of benzene rings is 1. The maximum Gasteiger partial charge on any atom is 0.307 e. The molecule has 2 aromatic rings. The third-order valence-electron chi connectivity index (χ3n) is 5.46. The third kappa shape index (κ3) is 2.79. The first-order chi connectivity index (χ1) is 12.5. The van der Waals surface area contributed by atoms with E-state index in [4.69, 9.17) is 0 Å². The smallest absolute Gasteiger partial charge is 0.307 e. The van der Waals surface area contributed by atoms with Gasteiger partial charge in [-0.25, -0.2) is 9.67 Å². The molecule has 0 saturated heterocycles. The largest absolute Gasteiger partial charge is 0.481 e. The van der Waals surface area contributed by atoms with E-state index in [1.165, 1.54) is 6.33 Å². The highest BCUT2D eigenvalue weighted by Crippen LogP contribution is 2.48. The van der Waals surface area contributed by atoms with Crippen molar-refractivity contribution >= 4 is 11.9 Å². The lowest BCUT2D eigenvalue weighted by atomic mass is 9.82. The molecule has 1 aromatic heterocycles. The zero-order valence-electron chi connectivity index (χ0n) is 14.3. The second-order valence-electron chi connectivity index (χ2n) is 7.00. The van der Waals surface area contributed by atoms with Crippen LogP contribution >= 0.6 is 0 Å². The number of nitrogens with zero attached hydrogens (tertiary/aromatic N) is 3. The molecule has 0 aliphatic heterocycles. The van der Waals surface area contributed by atoms with E-state index in [0.717, 1.165) is 17.7 Å².